The zero-order chi connectivity index (χ0) is 30.9. The van der Waals surface area contributed by atoms with E-state index >= 15 is 0 Å². The van der Waals surface area contributed by atoms with Gasteiger partial charge in [-0.15, -0.1) is 11.3 Å². The number of hydrogen-bond acceptors (Lipinski definition) is 2. The third-order valence-electron chi connectivity index (χ3n) is 9.53. The molecule has 0 saturated carbocycles. The SMILES string of the molecule is c1ccc(N(c2ccc3c4ccc5ccccc5c4n(-c4ccccc4)c3c2)c2cccc3sc4c5ccccc5ccc4c23)cc1. The first-order chi connectivity index (χ1) is 23.3. The van der Waals surface area contributed by atoms with Crippen molar-refractivity contribution in [3.8, 4) is 5.69 Å². The largest absolute Gasteiger partial charge is 0.310 e. The van der Waals surface area contributed by atoms with Gasteiger partial charge in [0, 0.05) is 53.4 Å². The molecule has 0 unspecified atom stereocenters. The summed E-state index contributed by atoms with van der Waals surface area (Å²) in [6.45, 7) is 0. The Bertz CT molecular complexity index is 2790. The first-order valence-corrected chi connectivity index (χ1v) is 16.8. The fourth-order valence-corrected chi connectivity index (χ4v) is 8.74. The molecule has 3 heteroatoms. The summed E-state index contributed by atoms with van der Waals surface area (Å²) in [6.07, 6.45) is 0. The Morgan fingerprint density at radius 1 is 0.447 bits per heavy atom. The third-order valence-corrected chi connectivity index (χ3v) is 10.7. The summed E-state index contributed by atoms with van der Waals surface area (Å²) >= 11 is 1.89. The molecule has 0 saturated heterocycles. The first kappa shape index (κ1) is 26.3. The lowest BCUT2D eigenvalue weighted by Gasteiger charge is -2.26. The Morgan fingerprint density at radius 3 is 1.91 bits per heavy atom. The highest BCUT2D eigenvalue weighted by atomic mass is 32.1. The minimum absolute atomic E-state index is 1.13. The van der Waals surface area contributed by atoms with Gasteiger partial charge in [0.05, 0.1) is 16.7 Å². The summed E-state index contributed by atoms with van der Waals surface area (Å²) < 4.78 is 5.08. The van der Waals surface area contributed by atoms with E-state index in [1.807, 2.05) is 11.3 Å². The van der Waals surface area contributed by atoms with E-state index in [0.29, 0.717) is 0 Å². The van der Waals surface area contributed by atoms with Crippen molar-refractivity contribution in [3.05, 3.63) is 170 Å². The second-order valence-corrected chi connectivity index (χ2v) is 13.2. The molecule has 0 aliphatic heterocycles. The summed E-state index contributed by atoms with van der Waals surface area (Å²) in [5.41, 5.74) is 7.03. The molecule has 10 aromatic rings. The molecule has 0 fully saturated rings. The van der Waals surface area contributed by atoms with Crippen LogP contribution in [0, 0.1) is 0 Å². The van der Waals surface area contributed by atoms with Crippen LogP contribution in [0.4, 0.5) is 17.1 Å². The summed E-state index contributed by atoms with van der Waals surface area (Å²) in [5.74, 6) is 0. The highest BCUT2D eigenvalue weighted by Gasteiger charge is 2.21. The number of fused-ring (bicyclic) bond motifs is 10. The molecule has 47 heavy (non-hydrogen) atoms. The normalized spacial score (nSPS) is 11.8. The fraction of sp³-hybridized carbons (Fsp3) is 0. The molecule has 0 aliphatic carbocycles. The standard InChI is InChI=1S/C44H28N2S/c1-3-14-31(15-4-1)45(39-20-11-21-41-42(39)38-26-23-30-13-8-10-19-35(30)44(38)47-41)33-24-27-36-37-25-22-29-12-7-9-18-34(29)43(37)46(40(36)28-33)32-16-5-2-6-17-32/h1-28H. The second kappa shape index (κ2) is 10.3. The van der Waals surface area contributed by atoms with Crippen LogP contribution in [0.3, 0.4) is 0 Å². The second-order valence-electron chi connectivity index (χ2n) is 12.1. The molecule has 0 aliphatic rings. The molecule has 0 spiro atoms. The summed E-state index contributed by atoms with van der Waals surface area (Å²) in [6, 6.07) is 61.9. The minimum Gasteiger partial charge on any atom is -0.310 e. The van der Waals surface area contributed by atoms with Crippen molar-refractivity contribution >= 4 is 91.9 Å². The van der Waals surface area contributed by atoms with E-state index in [2.05, 4.69) is 179 Å². The smallest absolute Gasteiger partial charge is 0.0619 e. The topological polar surface area (TPSA) is 8.17 Å². The predicted octanol–water partition coefficient (Wildman–Crippen LogP) is 12.9. The number of aromatic nitrogens is 1. The van der Waals surface area contributed by atoms with Crippen molar-refractivity contribution < 1.29 is 0 Å². The monoisotopic (exact) mass is 616 g/mol. The van der Waals surface area contributed by atoms with Crippen molar-refractivity contribution in [3.63, 3.8) is 0 Å². The van der Waals surface area contributed by atoms with Gasteiger partial charge in [0.1, 0.15) is 0 Å². The molecule has 10 rings (SSSR count). The van der Waals surface area contributed by atoms with Crippen molar-refractivity contribution in [1.29, 1.82) is 0 Å². The van der Waals surface area contributed by atoms with Crippen molar-refractivity contribution in [2.45, 2.75) is 0 Å². The predicted molar refractivity (Wildman–Crippen MR) is 203 cm³/mol. The van der Waals surface area contributed by atoms with Crippen LogP contribution in [0.1, 0.15) is 0 Å². The van der Waals surface area contributed by atoms with Gasteiger partial charge in [0.25, 0.3) is 0 Å². The van der Waals surface area contributed by atoms with Gasteiger partial charge >= 0.3 is 0 Å². The average molecular weight is 617 g/mol. The van der Waals surface area contributed by atoms with E-state index in [1.165, 1.54) is 69.2 Å². The Hall–Kier alpha value is -5.90. The van der Waals surface area contributed by atoms with Crippen LogP contribution in [0.25, 0.3) is 69.2 Å². The van der Waals surface area contributed by atoms with Gasteiger partial charge in [-0.1, -0.05) is 121 Å². The number of rotatable bonds is 4. The van der Waals surface area contributed by atoms with Gasteiger partial charge in [-0.05, 0) is 64.7 Å². The van der Waals surface area contributed by atoms with Crippen molar-refractivity contribution in [1.82, 2.24) is 4.57 Å². The van der Waals surface area contributed by atoms with E-state index in [0.717, 1.165) is 17.1 Å². The molecule has 0 N–H and O–H groups in total. The Labute approximate surface area is 276 Å². The maximum absolute atomic E-state index is 2.45. The van der Waals surface area contributed by atoms with Gasteiger partial charge in [-0.3, -0.25) is 0 Å². The zero-order valence-electron chi connectivity index (χ0n) is 25.5. The highest BCUT2D eigenvalue weighted by molar-refractivity contribution is 7.26. The number of benzene rings is 8. The van der Waals surface area contributed by atoms with Crippen LogP contribution in [0.2, 0.25) is 0 Å². The van der Waals surface area contributed by atoms with E-state index in [9.17, 15) is 0 Å². The van der Waals surface area contributed by atoms with Crippen LogP contribution < -0.4 is 4.90 Å². The van der Waals surface area contributed by atoms with E-state index in [4.69, 9.17) is 0 Å². The van der Waals surface area contributed by atoms with E-state index in [-0.39, 0.29) is 0 Å². The quantitative estimate of drug-likeness (QED) is 0.191. The number of anilines is 3. The van der Waals surface area contributed by atoms with Crippen molar-refractivity contribution in [2.75, 3.05) is 4.90 Å². The first-order valence-electron chi connectivity index (χ1n) is 16.0. The van der Waals surface area contributed by atoms with Crippen LogP contribution >= 0.6 is 11.3 Å². The highest BCUT2D eigenvalue weighted by Crippen LogP contribution is 2.47. The molecule has 2 aromatic heterocycles. The van der Waals surface area contributed by atoms with Gasteiger partial charge in [0.15, 0.2) is 0 Å². The lowest BCUT2D eigenvalue weighted by Crippen LogP contribution is -2.10. The van der Waals surface area contributed by atoms with Gasteiger partial charge in [0.2, 0.25) is 0 Å². The molecule has 8 aromatic carbocycles. The van der Waals surface area contributed by atoms with Crippen LogP contribution in [-0.4, -0.2) is 4.57 Å². The maximum atomic E-state index is 2.45. The van der Waals surface area contributed by atoms with Crippen LogP contribution in [-0.2, 0) is 0 Å². The Kier molecular flexibility index (Phi) is 5.78. The summed E-state index contributed by atoms with van der Waals surface area (Å²) in [4.78, 5) is 2.44. The Balaban J connectivity index is 1.30. The number of thiophene rings is 1. The minimum atomic E-state index is 1.13. The molecule has 0 radical (unpaired) electrons. The third kappa shape index (κ3) is 3.97. The number of nitrogens with zero attached hydrogens (tertiary/aromatic N) is 2. The van der Waals surface area contributed by atoms with Gasteiger partial charge < -0.3 is 9.47 Å². The molecule has 2 heterocycles. The molecule has 0 amide bonds. The maximum Gasteiger partial charge on any atom is 0.0619 e. The van der Waals surface area contributed by atoms with Crippen molar-refractivity contribution in [2.24, 2.45) is 0 Å². The molecular weight excluding hydrogens is 589 g/mol. The van der Waals surface area contributed by atoms with Gasteiger partial charge in [-0.25, -0.2) is 0 Å². The van der Waals surface area contributed by atoms with Gasteiger partial charge in [-0.2, -0.15) is 0 Å². The number of hydrogen-bond donors (Lipinski definition) is 0. The molecular formula is C44H28N2S. The summed E-state index contributed by atoms with van der Waals surface area (Å²) in [5, 5.41) is 10.2. The average Bonchev–Trinajstić information content (AvgIpc) is 3.69. The van der Waals surface area contributed by atoms with Crippen LogP contribution in [0.5, 0.6) is 0 Å². The molecule has 0 bridgehead atoms. The lowest BCUT2D eigenvalue weighted by molar-refractivity contribution is 1.18. The summed E-state index contributed by atoms with van der Waals surface area (Å²) in [7, 11) is 0. The Morgan fingerprint density at radius 2 is 1.11 bits per heavy atom. The van der Waals surface area contributed by atoms with Crippen LogP contribution in [0.15, 0.2) is 170 Å². The fourth-order valence-electron chi connectivity index (χ4n) is 7.48. The molecule has 220 valence electrons. The van der Waals surface area contributed by atoms with E-state index in [1.54, 1.807) is 0 Å². The van der Waals surface area contributed by atoms with E-state index < -0.39 is 0 Å². The molecule has 2 nitrogen and oxygen atoms in total. The lowest BCUT2D eigenvalue weighted by atomic mass is 10.0. The molecule has 0 atom stereocenters. The number of para-hydroxylation sites is 2. The zero-order valence-corrected chi connectivity index (χ0v) is 26.3.